The van der Waals surface area contributed by atoms with E-state index < -0.39 is 69.6 Å². The lowest BCUT2D eigenvalue weighted by atomic mass is 10.0. The van der Waals surface area contributed by atoms with Crippen molar-refractivity contribution in [1.82, 2.24) is 0 Å². The molecule has 0 N–H and O–H groups in total. The van der Waals surface area contributed by atoms with Gasteiger partial charge >= 0.3 is 12.3 Å². The number of esters is 1. The Labute approximate surface area is 249 Å². The Morgan fingerprint density at radius 3 is 2.09 bits per heavy atom. The summed E-state index contributed by atoms with van der Waals surface area (Å²) in [7, 11) is 0. The third-order valence-corrected chi connectivity index (χ3v) is 9.47. The number of thioether (sulfide) groups is 2. The molecule has 230 valence electrons. The van der Waals surface area contributed by atoms with E-state index in [0.717, 1.165) is 48.6 Å². The molecular weight excluding hydrogens is 628 g/mol. The Hall–Kier alpha value is -3.39. The zero-order valence-electron chi connectivity index (χ0n) is 22.0. The van der Waals surface area contributed by atoms with Crippen molar-refractivity contribution in [1.29, 1.82) is 0 Å². The minimum atomic E-state index is -5.36. The summed E-state index contributed by atoms with van der Waals surface area (Å²) in [6, 6.07) is 5.44. The van der Waals surface area contributed by atoms with Crippen molar-refractivity contribution in [3.8, 4) is 22.6 Å². The van der Waals surface area contributed by atoms with Gasteiger partial charge in [-0.2, -0.15) is 0 Å². The number of carbonyl (C=O) groups excluding carboxylic acids is 1. The van der Waals surface area contributed by atoms with Crippen LogP contribution in [0.3, 0.4) is 0 Å². The summed E-state index contributed by atoms with van der Waals surface area (Å²) >= 11 is 3.07. The van der Waals surface area contributed by atoms with Gasteiger partial charge in [0.05, 0.1) is 17.5 Å². The Bertz CT molecular complexity index is 1440. The normalized spacial score (nSPS) is 16.9. The van der Waals surface area contributed by atoms with E-state index >= 15 is 0 Å². The summed E-state index contributed by atoms with van der Waals surface area (Å²) in [6.07, 6.45) is -2.18. The molecule has 4 nitrogen and oxygen atoms in total. The molecule has 1 aliphatic rings. The van der Waals surface area contributed by atoms with Gasteiger partial charge in [-0.3, -0.25) is 0 Å². The number of hydrogen-bond acceptors (Lipinski definition) is 6. The van der Waals surface area contributed by atoms with Gasteiger partial charge in [-0.15, -0.1) is 36.7 Å². The van der Waals surface area contributed by atoms with Crippen molar-refractivity contribution in [2.75, 3.05) is 18.1 Å². The van der Waals surface area contributed by atoms with Crippen LogP contribution in [0.15, 0.2) is 55.3 Å². The quantitative estimate of drug-likeness (QED) is 0.0717. The van der Waals surface area contributed by atoms with Gasteiger partial charge < -0.3 is 14.2 Å². The van der Waals surface area contributed by atoms with Crippen molar-refractivity contribution >= 4 is 29.5 Å². The van der Waals surface area contributed by atoms with E-state index in [1.165, 1.54) is 29.8 Å². The van der Waals surface area contributed by atoms with E-state index in [1.54, 1.807) is 0 Å². The highest BCUT2D eigenvalue weighted by molar-refractivity contribution is 8.16. The SMILES string of the molecule is C=COCCCC1CSC(c2cc(F)c(C(=O)Oc3ccc(-c4cc(F)c(OC(F)(F)F)c(F)c4)c(F)c3)c(F)c2)SC1. The smallest absolute Gasteiger partial charge is 0.502 e. The third-order valence-electron chi connectivity index (χ3n) is 6.18. The van der Waals surface area contributed by atoms with Crippen molar-refractivity contribution < 1.29 is 54.1 Å². The van der Waals surface area contributed by atoms with Crippen LogP contribution in [0, 0.1) is 35.0 Å². The summed E-state index contributed by atoms with van der Waals surface area (Å²) in [4.78, 5) is 12.6. The Morgan fingerprint density at radius 2 is 1.53 bits per heavy atom. The highest BCUT2D eigenvalue weighted by Crippen LogP contribution is 2.47. The molecule has 1 aliphatic heterocycles. The van der Waals surface area contributed by atoms with Crippen LogP contribution in [0.5, 0.6) is 11.5 Å². The van der Waals surface area contributed by atoms with Crippen LogP contribution >= 0.6 is 23.5 Å². The number of ether oxygens (including phenoxy) is 3. The lowest BCUT2D eigenvalue weighted by Crippen LogP contribution is -2.19. The van der Waals surface area contributed by atoms with Crippen molar-refractivity contribution in [3.05, 3.63) is 95.5 Å². The maximum Gasteiger partial charge on any atom is 0.573 e. The molecule has 3 aromatic rings. The first kappa shape index (κ1) is 32.5. The number of carbonyl (C=O) groups is 1. The maximum absolute atomic E-state index is 14.9. The number of rotatable bonds is 10. The van der Waals surface area contributed by atoms with Gasteiger partial charge in [0.25, 0.3) is 0 Å². The standard InChI is InChI=1S/C29H22F8O4S2/c1-2-39-7-3-4-15-13-42-28(43-14-15)17-10-21(31)25(22(32)11-17)27(38)40-18-5-6-19(20(30)12-18)16-8-23(33)26(24(34)9-16)41-29(35,36)37/h2,5-6,8-12,15,28H,1,3-4,7,13-14H2. The van der Waals surface area contributed by atoms with Crippen molar-refractivity contribution in [2.24, 2.45) is 5.92 Å². The van der Waals surface area contributed by atoms with E-state index in [4.69, 9.17) is 9.47 Å². The largest absolute Gasteiger partial charge is 0.573 e. The Morgan fingerprint density at radius 1 is 0.907 bits per heavy atom. The molecule has 0 bridgehead atoms. The predicted octanol–water partition coefficient (Wildman–Crippen LogP) is 9.20. The van der Waals surface area contributed by atoms with Gasteiger partial charge in [0, 0.05) is 11.6 Å². The first-order valence-corrected chi connectivity index (χ1v) is 14.7. The fourth-order valence-corrected chi connectivity index (χ4v) is 7.37. The van der Waals surface area contributed by atoms with Gasteiger partial charge in [0.15, 0.2) is 11.6 Å². The Kier molecular flexibility index (Phi) is 10.5. The lowest BCUT2D eigenvalue weighted by Gasteiger charge is -2.28. The third kappa shape index (κ3) is 8.37. The van der Waals surface area contributed by atoms with E-state index in [9.17, 15) is 39.9 Å². The van der Waals surface area contributed by atoms with E-state index in [-0.39, 0.29) is 4.58 Å². The second kappa shape index (κ2) is 13.9. The van der Waals surface area contributed by atoms with Gasteiger partial charge in [0.1, 0.15) is 28.8 Å². The molecule has 1 saturated heterocycles. The molecule has 1 heterocycles. The van der Waals surface area contributed by atoms with Crippen LogP contribution < -0.4 is 9.47 Å². The average Bonchev–Trinajstić information content (AvgIpc) is 2.92. The minimum absolute atomic E-state index is 0.250. The van der Waals surface area contributed by atoms with Crippen LogP contribution in [-0.4, -0.2) is 30.4 Å². The summed E-state index contributed by atoms with van der Waals surface area (Å²) in [6.45, 7) is 4.06. The van der Waals surface area contributed by atoms with Gasteiger partial charge in [-0.25, -0.2) is 26.7 Å². The van der Waals surface area contributed by atoms with Crippen LogP contribution in [0.2, 0.25) is 0 Å². The van der Waals surface area contributed by atoms with E-state index in [1.807, 2.05) is 0 Å². The molecule has 0 aliphatic carbocycles. The molecular formula is C29H22F8O4S2. The lowest BCUT2D eigenvalue weighted by molar-refractivity contribution is -0.276. The molecule has 14 heteroatoms. The summed E-state index contributed by atoms with van der Waals surface area (Å²) in [5.74, 6) is -8.70. The number of benzene rings is 3. The number of halogens is 8. The van der Waals surface area contributed by atoms with Crippen LogP contribution in [-0.2, 0) is 4.74 Å². The maximum atomic E-state index is 14.9. The van der Waals surface area contributed by atoms with Gasteiger partial charge in [-0.05, 0) is 77.8 Å². The zero-order chi connectivity index (χ0) is 31.3. The second-order valence-corrected chi connectivity index (χ2v) is 11.8. The minimum Gasteiger partial charge on any atom is -0.502 e. The summed E-state index contributed by atoms with van der Waals surface area (Å²) in [5.41, 5.74) is -1.60. The Balaban J connectivity index is 1.43. The molecule has 1 fully saturated rings. The molecule has 4 rings (SSSR count). The monoisotopic (exact) mass is 650 g/mol. The highest BCUT2D eigenvalue weighted by Gasteiger charge is 2.34. The number of hydrogen-bond donors (Lipinski definition) is 0. The first-order chi connectivity index (χ1) is 20.4. The topological polar surface area (TPSA) is 44.8 Å². The zero-order valence-corrected chi connectivity index (χ0v) is 23.6. The molecule has 43 heavy (non-hydrogen) atoms. The number of alkyl halides is 3. The summed E-state index contributed by atoms with van der Waals surface area (Å²) in [5, 5.41) is 0. The van der Waals surface area contributed by atoms with E-state index in [0.29, 0.717) is 36.3 Å². The molecule has 3 aromatic carbocycles. The fraction of sp³-hybridized carbons (Fsp3) is 0.276. The molecule has 0 amide bonds. The summed E-state index contributed by atoms with van der Waals surface area (Å²) < 4.78 is 123. The van der Waals surface area contributed by atoms with Crippen molar-refractivity contribution in [2.45, 2.75) is 23.8 Å². The molecule has 0 aromatic heterocycles. The van der Waals surface area contributed by atoms with Crippen LogP contribution in [0.4, 0.5) is 35.1 Å². The predicted molar refractivity (Wildman–Crippen MR) is 146 cm³/mol. The second-order valence-electron chi connectivity index (χ2n) is 9.25. The van der Waals surface area contributed by atoms with E-state index in [2.05, 4.69) is 11.3 Å². The first-order valence-electron chi connectivity index (χ1n) is 12.6. The molecule has 0 atom stereocenters. The molecule has 0 saturated carbocycles. The highest BCUT2D eigenvalue weighted by atomic mass is 32.2. The molecule has 0 radical (unpaired) electrons. The fourth-order valence-electron chi connectivity index (χ4n) is 4.24. The molecule has 0 unspecified atom stereocenters. The van der Waals surface area contributed by atoms with Gasteiger partial charge in [0.2, 0.25) is 5.75 Å². The van der Waals surface area contributed by atoms with Gasteiger partial charge in [-0.1, -0.05) is 6.58 Å². The van der Waals surface area contributed by atoms with Crippen LogP contribution in [0.1, 0.15) is 33.3 Å². The van der Waals surface area contributed by atoms with Crippen LogP contribution in [0.25, 0.3) is 11.1 Å². The van der Waals surface area contributed by atoms with Crippen molar-refractivity contribution in [3.63, 3.8) is 0 Å². The molecule has 0 spiro atoms. The average molecular weight is 651 g/mol.